The Labute approximate surface area is 103 Å². The van der Waals surface area contributed by atoms with Crippen molar-refractivity contribution in [1.82, 2.24) is 10.1 Å². The summed E-state index contributed by atoms with van der Waals surface area (Å²) in [6, 6.07) is 3.98. The van der Waals surface area contributed by atoms with Gasteiger partial charge in [0.2, 0.25) is 5.89 Å². The summed E-state index contributed by atoms with van der Waals surface area (Å²) in [7, 11) is 0. The molecular weight excluding hydrogens is 240 g/mol. The van der Waals surface area contributed by atoms with Crippen LogP contribution in [0.1, 0.15) is 30.1 Å². The van der Waals surface area contributed by atoms with Gasteiger partial charge in [-0.25, -0.2) is 8.78 Å². The summed E-state index contributed by atoms with van der Waals surface area (Å²) in [5.74, 6) is -1.08. The van der Waals surface area contributed by atoms with Gasteiger partial charge in [-0.2, -0.15) is 4.98 Å². The van der Waals surface area contributed by atoms with Crippen LogP contribution in [0.4, 0.5) is 8.78 Å². The summed E-state index contributed by atoms with van der Waals surface area (Å²) in [5, 5.41) is 3.75. The predicted molar refractivity (Wildman–Crippen MR) is 60.9 cm³/mol. The summed E-state index contributed by atoms with van der Waals surface area (Å²) in [6.45, 7) is 2.25. The third-order valence-electron chi connectivity index (χ3n) is 2.65. The van der Waals surface area contributed by atoms with E-state index in [1.807, 2.05) is 6.92 Å². The van der Waals surface area contributed by atoms with Crippen LogP contribution in [0, 0.1) is 11.6 Å². The van der Waals surface area contributed by atoms with E-state index >= 15 is 0 Å². The van der Waals surface area contributed by atoms with Crippen molar-refractivity contribution in [3.63, 3.8) is 0 Å². The van der Waals surface area contributed by atoms with Crippen LogP contribution in [-0.2, 0) is 6.42 Å². The molecule has 4 nitrogen and oxygen atoms in total. The van der Waals surface area contributed by atoms with Gasteiger partial charge in [-0.05, 0) is 6.07 Å². The third kappa shape index (κ3) is 2.53. The maximum atomic E-state index is 13.4. The van der Waals surface area contributed by atoms with Crippen molar-refractivity contribution in [1.29, 1.82) is 0 Å². The van der Waals surface area contributed by atoms with Crippen LogP contribution in [-0.4, -0.2) is 16.7 Å². The number of aromatic nitrogens is 2. The summed E-state index contributed by atoms with van der Waals surface area (Å²) >= 11 is 0. The highest BCUT2D eigenvalue weighted by Gasteiger charge is 2.15. The summed E-state index contributed by atoms with van der Waals surface area (Å²) < 4.78 is 31.4. The Hall–Kier alpha value is -1.82. The highest BCUT2D eigenvalue weighted by atomic mass is 19.2. The van der Waals surface area contributed by atoms with E-state index in [-0.39, 0.29) is 23.8 Å². The number of benzene rings is 1. The molecule has 2 aromatic rings. The molecule has 0 amide bonds. The number of rotatable bonds is 4. The van der Waals surface area contributed by atoms with Gasteiger partial charge in [0.1, 0.15) is 0 Å². The largest absolute Gasteiger partial charge is 0.339 e. The van der Waals surface area contributed by atoms with E-state index in [0.29, 0.717) is 12.4 Å². The van der Waals surface area contributed by atoms with E-state index in [9.17, 15) is 8.78 Å². The number of hydrogen-bond donors (Lipinski definition) is 1. The lowest BCUT2D eigenvalue weighted by Gasteiger charge is -2.00. The molecule has 0 aliphatic rings. The highest BCUT2D eigenvalue weighted by molar-refractivity contribution is 5.21. The van der Waals surface area contributed by atoms with Crippen LogP contribution in [0.5, 0.6) is 0 Å². The normalized spacial score (nSPS) is 12.7. The molecule has 0 aliphatic carbocycles. The number of hydrogen-bond acceptors (Lipinski definition) is 4. The second kappa shape index (κ2) is 5.22. The second-order valence-corrected chi connectivity index (χ2v) is 4.07. The van der Waals surface area contributed by atoms with E-state index in [1.165, 1.54) is 12.1 Å². The van der Waals surface area contributed by atoms with Crippen molar-refractivity contribution in [2.24, 2.45) is 5.73 Å². The van der Waals surface area contributed by atoms with Crippen LogP contribution in [0.15, 0.2) is 22.7 Å². The minimum Gasteiger partial charge on any atom is -0.339 e. The molecule has 1 heterocycles. The van der Waals surface area contributed by atoms with Gasteiger partial charge < -0.3 is 10.3 Å². The number of nitrogens with two attached hydrogens (primary N) is 1. The molecule has 1 aromatic heterocycles. The Balaban J connectivity index is 2.19. The SMILES string of the molecule is CC(CN)c1noc(Cc2cccc(F)c2F)n1. The molecule has 1 aromatic carbocycles. The fourth-order valence-corrected chi connectivity index (χ4v) is 1.49. The van der Waals surface area contributed by atoms with E-state index < -0.39 is 11.6 Å². The molecule has 0 spiro atoms. The van der Waals surface area contributed by atoms with Gasteiger partial charge >= 0.3 is 0 Å². The lowest BCUT2D eigenvalue weighted by molar-refractivity contribution is 0.374. The van der Waals surface area contributed by atoms with Crippen molar-refractivity contribution in [2.45, 2.75) is 19.3 Å². The fourth-order valence-electron chi connectivity index (χ4n) is 1.49. The average Bonchev–Trinajstić information content (AvgIpc) is 2.82. The Bertz CT molecular complexity index is 542. The summed E-state index contributed by atoms with van der Waals surface area (Å²) in [5.41, 5.74) is 5.66. The van der Waals surface area contributed by atoms with Gasteiger partial charge in [-0.3, -0.25) is 0 Å². The Morgan fingerprint density at radius 3 is 2.89 bits per heavy atom. The van der Waals surface area contributed by atoms with Gasteiger partial charge in [0.15, 0.2) is 17.5 Å². The summed E-state index contributed by atoms with van der Waals surface area (Å²) in [6.07, 6.45) is 0.0634. The highest BCUT2D eigenvalue weighted by Crippen LogP contribution is 2.16. The zero-order valence-corrected chi connectivity index (χ0v) is 9.86. The van der Waals surface area contributed by atoms with E-state index in [0.717, 1.165) is 6.07 Å². The van der Waals surface area contributed by atoms with Crippen molar-refractivity contribution in [2.75, 3.05) is 6.54 Å². The zero-order valence-electron chi connectivity index (χ0n) is 9.86. The smallest absolute Gasteiger partial charge is 0.231 e. The van der Waals surface area contributed by atoms with Gasteiger partial charge in [-0.1, -0.05) is 24.2 Å². The Kier molecular flexibility index (Phi) is 3.66. The molecule has 6 heteroatoms. The first-order valence-corrected chi connectivity index (χ1v) is 5.57. The molecule has 2 rings (SSSR count). The van der Waals surface area contributed by atoms with Crippen LogP contribution in [0.25, 0.3) is 0 Å². The van der Waals surface area contributed by atoms with Crippen molar-refractivity contribution in [3.05, 3.63) is 47.1 Å². The van der Waals surface area contributed by atoms with Gasteiger partial charge in [0.25, 0.3) is 0 Å². The maximum Gasteiger partial charge on any atom is 0.231 e. The molecule has 0 fully saturated rings. The Morgan fingerprint density at radius 2 is 2.17 bits per heavy atom. The first-order chi connectivity index (χ1) is 8.61. The molecule has 1 atom stereocenters. The molecule has 0 aliphatic heterocycles. The average molecular weight is 253 g/mol. The van der Waals surface area contributed by atoms with Gasteiger partial charge in [0, 0.05) is 18.0 Å². The summed E-state index contributed by atoms with van der Waals surface area (Å²) in [4.78, 5) is 4.10. The lowest BCUT2D eigenvalue weighted by Crippen LogP contribution is -2.10. The van der Waals surface area contributed by atoms with Crippen LogP contribution >= 0.6 is 0 Å². The third-order valence-corrected chi connectivity index (χ3v) is 2.65. The topological polar surface area (TPSA) is 64.9 Å². The minimum absolute atomic E-state index is 0.0279. The lowest BCUT2D eigenvalue weighted by atomic mass is 10.1. The quantitative estimate of drug-likeness (QED) is 0.905. The van der Waals surface area contributed by atoms with E-state index in [2.05, 4.69) is 10.1 Å². The van der Waals surface area contributed by atoms with Crippen molar-refractivity contribution in [3.8, 4) is 0 Å². The predicted octanol–water partition coefficient (Wildman–Crippen LogP) is 2.00. The molecule has 96 valence electrons. The fraction of sp³-hybridized carbons (Fsp3) is 0.333. The first-order valence-electron chi connectivity index (χ1n) is 5.57. The van der Waals surface area contributed by atoms with Crippen molar-refractivity contribution >= 4 is 0 Å². The van der Waals surface area contributed by atoms with Gasteiger partial charge in [-0.15, -0.1) is 0 Å². The van der Waals surface area contributed by atoms with E-state index in [1.54, 1.807) is 0 Å². The zero-order chi connectivity index (χ0) is 13.1. The second-order valence-electron chi connectivity index (χ2n) is 4.07. The molecule has 1 unspecified atom stereocenters. The standard InChI is InChI=1S/C12H13F2N3O/c1-7(6-15)12-16-10(18-17-12)5-8-3-2-4-9(13)11(8)14/h2-4,7H,5-6,15H2,1H3. The van der Waals surface area contributed by atoms with E-state index in [4.69, 9.17) is 10.3 Å². The molecule has 0 bridgehead atoms. The van der Waals surface area contributed by atoms with Crippen LogP contribution in [0.3, 0.4) is 0 Å². The molecule has 2 N–H and O–H groups in total. The van der Waals surface area contributed by atoms with Crippen LogP contribution in [0.2, 0.25) is 0 Å². The molecule has 18 heavy (non-hydrogen) atoms. The minimum atomic E-state index is -0.887. The van der Waals surface area contributed by atoms with Crippen LogP contribution < -0.4 is 5.73 Å². The molecular formula is C12H13F2N3O. The van der Waals surface area contributed by atoms with Gasteiger partial charge in [0.05, 0.1) is 6.42 Å². The maximum absolute atomic E-state index is 13.4. The first kappa shape index (κ1) is 12.6. The monoisotopic (exact) mass is 253 g/mol. The number of nitrogens with zero attached hydrogens (tertiary/aromatic N) is 2. The van der Waals surface area contributed by atoms with Crippen molar-refractivity contribution < 1.29 is 13.3 Å². The molecule has 0 saturated carbocycles. The molecule has 0 saturated heterocycles. The molecule has 0 radical (unpaired) electrons. The Morgan fingerprint density at radius 1 is 1.39 bits per heavy atom. The number of halogens is 2.